The molecule has 0 saturated heterocycles. The van der Waals surface area contributed by atoms with Gasteiger partial charge in [-0.1, -0.05) is 0 Å². The first-order valence-corrected chi connectivity index (χ1v) is 8.29. The number of aryl methyl sites for hydroxylation is 3. The van der Waals surface area contributed by atoms with Gasteiger partial charge in [-0.3, -0.25) is 10.1 Å². The minimum atomic E-state index is -0.181. The van der Waals surface area contributed by atoms with Gasteiger partial charge in [-0.2, -0.15) is 0 Å². The topological polar surface area (TPSA) is 69.0 Å². The zero-order valence-electron chi connectivity index (χ0n) is 13.7. The molecule has 7 heteroatoms. The van der Waals surface area contributed by atoms with Gasteiger partial charge < -0.3 is 9.30 Å². The lowest BCUT2D eigenvalue weighted by Gasteiger charge is -2.07. The van der Waals surface area contributed by atoms with Crippen molar-refractivity contribution in [3.05, 3.63) is 58.6 Å². The van der Waals surface area contributed by atoms with Crippen LogP contribution < -0.4 is 10.1 Å². The standard InChI is InChI=1S/C17H18N4O2S/c1-11-12(2)24-17(19-11)20-16(22)13-4-6-14(7-5-13)23-10-15-18-8-9-21(15)3/h4-9H,10H2,1-3H3,(H,19,20,22). The minimum absolute atomic E-state index is 0.181. The molecule has 3 aromatic rings. The van der Waals surface area contributed by atoms with E-state index in [2.05, 4.69) is 15.3 Å². The number of carbonyl (C=O) groups excluding carboxylic acids is 1. The Morgan fingerprint density at radius 3 is 2.62 bits per heavy atom. The highest BCUT2D eigenvalue weighted by Gasteiger charge is 2.10. The predicted octanol–water partition coefficient (Wildman–Crippen LogP) is 3.32. The molecule has 0 bridgehead atoms. The summed E-state index contributed by atoms with van der Waals surface area (Å²) in [7, 11) is 1.92. The van der Waals surface area contributed by atoms with Gasteiger partial charge in [-0.25, -0.2) is 9.97 Å². The molecule has 0 aliphatic rings. The van der Waals surface area contributed by atoms with E-state index in [0.29, 0.717) is 23.1 Å². The van der Waals surface area contributed by atoms with Crippen LogP contribution in [0.25, 0.3) is 0 Å². The van der Waals surface area contributed by atoms with Gasteiger partial charge >= 0.3 is 0 Å². The number of ether oxygens (including phenoxy) is 1. The number of hydrogen-bond acceptors (Lipinski definition) is 5. The number of imidazole rings is 1. The van der Waals surface area contributed by atoms with Crippen LogP contribution in [-0.4, -0.2) is 20.4 Å². The molecule has 0 spiro atoms. The molecule has 24 heavy (non-hydrogen) atoms. The van der Waals surface area contributed by atoms with E-state index >= 15 is 0 Å². The maximum atomic E-state index is 12.2. The fraction of sp³-hybridized carbons (Fsp3) is 0.235. The number of nitrogens with zero attached hydrogens (tertiary/aromatic N) is 3. The highest BCUT2D eigenvalue weighted by atomic mass is 32.1. The van der Waals surface area contributed by atoms with Crippen LogP contribution >= 0.6 is 11.3 Å². The van der Waals surface area contributed by atoms with Crippen LogP contribution in [0.4, 0.5) is 5.13 Å². The Labute approximate surface area is 144 Å². The number of benzene rings is 1. The highest BCUT2D eigenvalue weighted by Crippen LogP contribution is 2.22. The maximum Gasteiger partial charge on any atom is 0.257 e. The molecule has 0 aliphatic carbocycles. The van der Waals surface area contributed by atoms with Gasteiger partial charge in [0.1, 0.15) is 18.2 Å². The van der Waals surface area contributed by atoms with Gasteiger partial charge in [0.15, 0.2) is 5.13 Å². The summed E-state index contributed by atoms with van der Waals surface area (Å²) in [4.78, 5) is 21.8. The smallest absolute Gasteiger partial charge is 0.257 e. The lowest BCUT2D eigenvalue weighted by Crippen LogP contribution is -2.11. The molecule has 0 fully saturated rings. The van der Waals surface area contributed by atoms with Crippen molar-refractivity contribution >= 4 is 22.4 Å². The van der Waals surface area contributed by atoms with Gasteiger partial charge in [0.05, 0.1) is 5.69 Å². The van der Waals surface area contributed by atoms with E-state index in [0.717, 1.165) is 16.4 Å². The Balaban J connectivity index is 1.61. The number of hydrogen-bond donors (Lipinski definition) is 1. The molecular formula is C17H18N4O2S. The van der Waals surface area contributed by atoms with Crippen molar-refractivity contribution in [1.29, 1.82) is 0 Å². The van der Waals surface area contributed by atoms with E-state index in [9.17, 15) is 4.79 Å². The van der Waals surface area contributed by atoms with Crippen LogP contribution in [0.1, 0.15) is 26.8 Å². The third-order valence-electron chi connectivity index (χ3n) is 3.65. The summed E-state index contributed by atoms with van der Waals surface area (Å²) in [5.41, 5.74) is 1.50. The van der Waals surface area contributed by atoms with Crippen molar-refractivity contribution in [3.8, 4) is 5.75 Å². The second-order valence-electron chi connectivity index (χ2n) is 5.38. The number of thiazole rings is 1. The number of rotatable bonds is 5. The fourth-order valence-corrected chi connectivity index (χ4v) is 2.89. The van der Waals surface area contributed by atoms with E-state index in [4.69, 9.17) is 4.74 Å². The first-order chi connectivity index (χ1) is 11.5. The summed E-state index contributed by atoms with van der Waals surface area (Å²) >= 11 is 1.47. The van der Waals surface area contributed by atoms with Crippen LogP contribution in [0.2, 0.25) is 0 Å². The largest absolute Gasteiger partial charge is 0.486 e. The van der Waals surface area contributed by atoms with Gasteiger partial charge in [0.2, 0.25) is 0 Å². The monoisotopic (exact) mass is 342 g/mol. The molecule has 0 aliphatic heterocycles. The number of amides is 1. The molecular weight excluding hydrogens is 324 g/mol. The number of nitrogens with one attached hydrogen (secondary N) is 1. The Morgan fingerprint density at radius 1 is 1.29 bits per heavy atom. The fourth-order valence-electron chi connectivity index (χ4n) is 2.08. The molecule has 1 aromatic carbocycles. The molecule has 124 valence electrons. The van der Waals surface area contributed by atoms with Crippen LogP contribution in [0.3, 0.4) is 0 Å². The molecule has 0 radical (unpaired) electrons. The molecule has 1 N–H and O–H groups in total. The molecule has 0 unspecified atom stereocenters. The maximum absolute atomic E-state index is 12.2. The summed E-state index contributed by atoms with van der Waals surface area (Å²) < 4.78 is 7.58. The van der Waals surface area contributed by atoms with Crippen LogP contribution in [-0.2, 0) is 13.7 Å². The summed E-state index contributed by atoms with van der Waals surface area (Å²) in [5.74, 6) is 1.35. The zero-order chi connectivity index (χ0) is 17.1. The van der Waals surface area contributed by atoms with Gasteiger partial charge in [0, 0.05) is 29.9 Å². The molecule has 1 amide bonds. The zero-order valence-corrected chi connectivity index (χ0v) is 14.6. The molecule has 3 rings (SSSR count). The third kappa shape index (κ3) is 3.62. The average molecular weight is 342 g/mol. The second kappa shape index (κ2) is 6.84. The average Bonchev–Trinajstić information content (AvgIpc) is 3.11. The normalized spacial score (nSPS) is 10.6. The van der Waals surface area contributed by atoms with Gasteiger partial charge in [-0.05, 0) is 38.1 Å². The molecule has 0 atom stereocenters. The Bertz CT molecular complexity index is 832. The van der Waals surface area contributed by atoms with E-state index in [1.807, 2.05) is 31.7 Å². The van der Waals surface area contributed by atoms with Crippen molar-refractivity contribution in [2.24, 2.45) is 7.05 Å². The summed E-state index contributed by atoms with van der Waals surface area (Å²) in [6.45, 7) is 4.29. The highest BCUT2D eigenvalue weighted by molar-refractivity contribution is 7.15. The molecule has 6 nitrogen and oxygen atoms in total. The van der Waals surface area contributed by atoms with Crippen molar-refractivity contribution in [2.45, 2.75) is 20.5 Å². The molecule has 2 aromatic heterocycles. The van der Waals surface area contributed by atoms with Crippen LogP contribution in [0.5, 0.6) is 5.75 Å². The van der Waals surface area contributed by atoms with Crippen LogP contribution in [0.15, 0.2) is 36.7 Å². The second-order valence-corrected chi connectivity index (χ2v) is 6.59. The quantitative estimate of drug-likeness (QED) is 0.772. The Hall–Kier alpha value is -2.67. The van der Waals surface area contributed by atoms with E-state index in [1.54, 1.807) is 30.5 Å². The molecule has 0 saturated carbocycles. The van der Waals surface area contributed by atoms with E-state index < -0.39 is 0 Å². The first-order valence-electron chi connectivity index (χ1n) is 7.47. The predicted molar refractivity (Wildman–Crippen MR) is 93.5 cm³/mol. The SMILES string of the molecule is Cc1nc(NC(=O)c2ccc(OCc3nccn3C)cc2)sc1C. The lowest BCUT2D eigenvalue weighted by atomic mass is 10.2. The van der Waals surface area contributed by atoms with E-state index in [1.165, 1.54) is 11.3 Å². The summed E-state index contributed by atoms with van der Waals surface area (Å²) in [6, 6.07) is 7.01. The van der Waals surface area contributed by atoms with Gasteiger partial charge in [-0.15, -0.1) is 11.3 Å². The van der Waals surface area contributed by atoms with Crippen molar-refractivity contribution in [1.82, 2.24) is 14.5 Å². The number of carbonyl (C=O) groups is 1. The number of anilines is 1. The Kier molecular flexibility index (Phi) is 4.61. The summed E-state index contributed by atoms with van der Waals surface area (Å²) in [5, 5.41) is 3.43. The lowest BCUT2D eigenvalue weighted by molar-refractivity contribution is 0.102. The van der Waals surface area contributed by atoms with Crippen molar-refractivity contribution < 1.29 is 9.53 Å². The minimum Gasteiger partial charge on any atom is -0.486 e. The third-order valence-corrected chi connectivity index (χ3v) is 4.64. The van der Waals surface area contributed by atoms with Crippen molar-refractivity contribution in [2.75, 3.05) is 5.32 Å². The van der Waals surface area contributed by atoms with Crippen molar-refractivity contribution in [3.63, 3.8) is 0 Å². The van der Waals surface area contributed by atoms with Gasteiger partial charge in [0.25, 0.3) is 5.91 Å². The number of aromatic nitrogens is 3. The first kappa shape index (κ1) is 16.2. The van der Waals surface area contributed by atoms with E-state index in [-0.39, 0.29) is 5.91 Å². The summed E-state index contributed by atoms with van der Waals surface area (Å²) in [6.07, 6.45) is 3.60. The molecule has 2 heterocycles. The van der Waals surface area contributed by atoms with Crippen LogP contribution in [0, 0.1) is 13.8 Å². The Morgan fingerprint density at radius 2 is 2.04 bits per heavy atom.